The zero-order chi connectivity index (χ0) is 19.3. The number of nitrogens with one attached hydrogen (secondary N) is 2. The van der Waals surface area contributed by atoms with Gasteiger partial charge in [-0.15, -0.1) is 0 Å². The molecule has 0 spiro atoms. The van der Waals surface area contributed by atoms with E-state index < -0.39 is 23.4 Å². The van der Waals surface area contributed by atoms with Gasteiger partial charge >= 0.3 is 0 Å². The van der Waals surface area contributed by atoms with Crippen LogP contribution < -0.4 is 4.72 Å². The second kappa shape index (κ2) is 9.41. The normalized spacial score (nSPS) is 17.0. The van der Waals surface area contributed by atoms with Crippen molar-refractivity contribution in [3.63, 3.8) is 0 Å². The first kappa shape index (κ1) is 20.8. The van der Waals surface area contributed by atoms with E-state index in [0.717, 1.165) is 16.6 Å². The molecule has 1 unspecified atom stereocenters. The molecule has 2 N–H and O–H groups in total. The molecule has 26 heavy (non-hydrogen) atoms. The van der Waals surface area contributed by atoms with Gasteiger partial charge in [-0.1, -0.05) is 24.9 Å². The summed E-state index contributed by atoms with van der Waals surface area (Å²) in [6.07, 6.45) is 3.92. The summed E-state index contributed by atoms with van der Waals surface area (Å²) in [6.45, 7) is 3.74. The van der Waals surface area contributed by atoms with Crippen LogP contribution in [0.4, 0.5) is 8.78 Å². The highest BCUT2D eigenvalue weighted by Gasteiger charge is 2.31. The number of H-pyrrole nitrogens is 1. The fourth-order valence-corrected chi connectivity index (χ4v) is 3.77. The molecule has 0 saturated heterocycles. The van der Waals surface area contributed by atoms with Gasteiger partial charge in [0.1, 0.15) is 6.17 Å². The summed E-state index contributed by atoms with van der Waals surface area (Å²) in [5.74, 6) is -0.688. The number of halogens is 3. The fourth-order valence-electron chi connectivity index (χ4n) is 2.48. The van der Waals surface area contributed by atoms with E-state index in [-0.39, 0.29) is 17.7 Å². The minimum Gasteiger partial charge on any atom is -0.328 e. The molecule has 1 heterocycles. The lowest BCUT2D eigenvalue weighted by Crippen LogP contribution is -2.23. The van der Waals surface area contributed by atoms with E-state index in [1.54, 1.807) is 30.9 Å². The van der Waals surface area contributed by atoms with Gasteiger partial charge in [-0.05, 0) is 40.9 Å². The van der Waals surface area contributed by atoms with Gasteiger partial charge in [-0.2, -0.15) is 0 Å². The van der Waals surface area contributed by atoms with Gasteiger partial charge < -0.3 is 9.82 Å². The molecule has 0 aliphatic heterocycles. The standard InChI is InChI=1S/C18H22BrF2N3OS/c1-4-7-26-23-15-6-5-14(20)16(17(15)21)18(25)13-9-22-24(3)10-12(19)8-11(13)2/h6,8-10,14,22-23H,4-5,7H2,1-3H3. The monoisotopic (exact) mass is 445 g/mol. The number of carbonyl (C=O) groups excluding carboxylic acids is 1. The first-order valence-corrected chi connectivity index (χ1v) is 10.0. The topological polar surface area (TPSA) is 49.8 Å². The van der Waals surface area contributed by atoms with Crippen molar-refractivity contribution in [1.29, 1.82) is 0 Å². The third-order valence-corrected chi connectivity index (χ3v) is 5.21. The molecular formula is C18H22BrF2N3OS. The van der Waals surface area contributed by atoms with E-state index >= 15 is 0 Å². The van der Waals surface area contributed by atoms with Gasteiger partial charge in [0.05, 0.1) is 11.3 Å². The average Bonchev–Trinajstić information content (AvgIpc) is 2.56. The van der Waals surface area contributed by atoms with E-state index in [2.05, 4.69) is 25.8 Å². The molecule has 0 saturated carbocycles. The summed E-state index contributed by atoms with van der Waals surface area (Å²) in [7, 11) is 1.75. The molecule has 8 heteroatoms. The van der Waals surface area contributed by atoms with Crippen LogP contribution in [0.2, 0.25) is 0 Å². The largest absolute Gasteiger partial charge is 0.328 e. The number of aromatic nitrogens is 2. The predicted octanol–water partition coefficient (Wildman–Crippen LogP) is 5.23. The van der Waals surface area contributed by atoms with Crippen LogP contribution in [-0.2, 0) is 7.05 Å². The lowest BCUT2D eigenvalue weighted by atomic mass is 9.92. The van der Waals surface area contributed by atoms with Crippen molar-refractivity contribution >= 4 is 33.7 Å². The maximum atomic E-state index is 14.8. The first-order chi connectivity index (χ1) is 12.3. The van der Waals surface area contributed by atoms with E-state index in [1.165, 1.54) is 24.2 Å². The Hall–Kier alpha value is -1.54. The van der Waals surface area contributed by atoms with Crippen molar-refractivity contribution in [2.24, 2.45) is 7.05 Å². The lowest BCUT2D eigenvalue weighted by Gasteiger charge is -2.20. The van der Waals surface area contributed by atoms with Crippen molar-refractivity contribution in [2.75, 3.05) is 5.75 Å². The molecule has 0 bridgehead atoms. The molecule has 4 nitrogen and oxygen atoms in total. The van der Waals surface area contributed by atoms with Crippen LogP contribution in [0, 0.1) is 6.92 Å². The highest BCUT2D eigenvalue weighted by atomic mass is 79.9. The first-order valence-electron chi connectivity index (χ1n) is 8.27. The zero-order valence-electron chi connectivity index (χ0n) is 14.9. The predicted molar refractivity (Wildman–Crippen MR) is 106 cm³/mol. The van der Waals surface area contributed by atoms with E-state index in [0.29, 0.717) is 5.56 Å². The molecule has 142 valence electrons. The van der Waals surface area contributed by atoms with Crippen molar-refractivity contribution in [2.45, 2.75) is 32.9 Å². The Balaban J connectivity index is 2.45. The minimum absolute atomic E-state index is 0.0313. The van der Waals surface area contributed by atoms with Gasteiger partial charge in [0.15, 0.2) is 11.6 Å². The maximum Gasteiger partial charge on any atom is 0.196 e. The van der Waals surface area contributed by atoms with Crippen LogP contribution in [0.3, 0.4) is 0 Å². The van der Waals surface area contributed by atoms with Gasteiger partial charge in [0.2, 0.25) is 0 Å². The number of alkyl halides is 1. The van der Waals surface area contributed by atoms with Crippen molar-refractivity contribution in [1.82, 2.24) is 14.5 Å². The Morgan fingerprint density at radius 3 is 2.96 bits per heavy atom. The quantitative estimate of drug-likeness (QED) is 0.358. The zero-order valence-corrected chi connectivity index (χ0v) is 17.3. The van der Waals surface area contributed by atoms with Crippen molar-refractivity contribution in [3.8, 4) is 0 Å². The Kier molecular flexibility index (Phi) is 7.52. The van der Waals surface area contributed by atoms with Crippen molar-refractivity contribution in [3.05, 3.63) is 57.2 Å². The van der Waals surface area contributed by atoms with E-state index in [1.807, 2.05) is 6.92 Å². The van der Waals surface area contributed by atoms with Crippen LogP contribution >= 0.6 is 27.9 Å². The van der Waals surface area contributed by atoms with E-state index in [9.17, 15) is 13.6 Å². The number of aryl methyl sites for hydroxylation is 2. The number of allylic oxidation sites excluding steroid dienone is 3. The molecule has 2 rings (SSSR count). The number of nitrogens with zero attached hydrogens (tertiary/aromatic N) is 1. The number of carbonyl (C=O) groups is 1. The number of hydrogen-bond donors (Lipinski definition) is 2. The fraction of sp³-hybridized carbons (Fsp3) is 0.389. The van der Waals surface area contributed by atoms with Crippen LogP contribution in [0.15, 0.2) is 46.1 Å². The van der Waals surface area contributed by atoms with Crippen LogP contribution in [0.25, 0.3) is 0 Å². The number of ketones is 1. The number of Topliss-reactive ketones (excluding diaryl/α,β-unsaturated/α-hetero) is 1. The number of rotatable bonds is 6. The summed E-state index contributed by atoms with van der Waals surface area (Å²) in [5, 5.41) is 2.90. The summed E-state index contributed by atoms with van der Waals surface area (Å²) >= 11 is 4.71. The molecular weight excluding hydrogens is 424 g/mol. The second-order valence-electron chi connectivity index (χ2n) is 5.97. The third kappa shape index (κ3) is 5.01. The Bertz CT molecular complexity index is 796. The third-order valence-electron chi connectivity index (χ3n) is 3.80. The SMILES string of the molecule is CCCSNC1=CCC(F)C(C(=O)c2c[nH]n(C)cc(Br)cc2C)=C1F. The highest BCUT2D eigenvalue weighted by molar-refractivity contribution is 9.10. The smallest absolute Gasteiger partial charge is 0.196 e. The molecule has 1 aliphatic rings. The summed E-state index contributed by atoms with van der Waals surface area (Å²) < 4.78 is 34.5. The molecule has 1 aromatic heterocycles. The molecule has 1 aromatic rings. The Morgan fingerprint density at radius 1 is 1.54 bits per heavy atom. The Labute approximate surface area is 164 Å². The summed E-state index contributed by atoms with van der Waals surface area (Å²) in [4.78, 5) is 12.9. The summed E-state index contributed by atoms with van der Waals surface area (Å²) in [5.41, 5.74) is 0.559. The molecule has 1 aliphatic carbocycles. The summed E-state index contributed by atoms with van der Waals surface area (Å²) in [6, 6.07) is 1.74. The Morgan fingerprint density at radius 2 is 2.27 bits per heavy atom. The van der Waals surface area contributed by atoms with Crippen LogP contribution in [0.1, 0.15) is 35.7 Å². The lowest BCUT2D eigenvalue weighted by molar-refractivity contribution is 0.101. The number of hydrogen-bond acceptors (Lipinski definition) is 3. The molecule has 1 atom stereocenters. The minimum atomic E-state index is -1.67. The van der Waals surface area contributed by atoms with Gasteiger partial charge in [0, 0.05) is 41.7 Å². The van der Waals surface area contributed by atoms with Gasteiger partial charge in [-0.25, -0.2) is 8.78 Å². The van der Waals surface area contributed by atoms with Gasteiger partial charge in [0.25, 0.3) is 0 Å². The van der Waals surface area contributed by atoms with Crippen molar-refractivity contribution < 1.29 is 13.6 Å². The number of aromatic amines is 1. The second-order valence-corrected chi connectivity index (χ2v) is 7.78. The van der Waals surface area contributed by atoms with Gasteiger partial charge in [-0.3, -0.25) is 9.48 Å². The molecule has 0 amide bonds. The molecule has 0 aromatic carbocycles. The maximum absolute atomic E-state index is 14.8. The molecule has 0 radical (unpaired) electrons. The van der Waals surface area contributed by atoms with Crippen LogP contribution in [0.5, 0.6) is 0 Å². The molecule has 0 fully saturated rings. The average molecular weight is 446 g/mol. The van der Waals surface area contributed by atoms with E-state index in [4.69, 9.17) is 0 Å². The highest BCUT2D eigenvalue weighted by Crippen LogP contribution is 2.31. The van der Waals surface area contributed by atoms with Crippen LogP contribution in [-0.4, -0.2) is 27.5 Å².